The van der Waals surface area contributed by atoms with Gasteiger partial charge in [0.15, 0.2) is 0 Å². The monoisotopic (exact) mass is 455 g/mol. The summed E-state index contributed by atoms with van der Waals surface area (Å²) in [7, 11) is 0. The number of aromatic amines is 1. The Morgan fingerprint density at radius 2 is 1.82 bits per heavy atom. The maximum absolute atomic E-state index is 13.1. The molecule has 0 saturated carbocycles. The molecule has 2 heterocycles. The minimum Gasteiger partial charge on any atom is -0.274 e. The van der Waals surface area contributed by atoms with Crippen molar-refractivity contribution in [2.75, 3.05) is 0 Å². The Labute approximate surface area is 199 Å². The maximum Gasteiger partial charge on any atom is 0.346 e. The van der Waals surface area contributed by atoms with Crippen molar-refractivity contribution in [1.82, 2.24) is 35.0 Å². The van der Waals surface area contributed by atoms with Crippen LogP contribution in [-0.4, -0.2) is 35.0 Å². The number of hydrogen-bond acceptors (Lipinski definition) is 5. The van der Waals surface area contributed by atoms with Crippen molar-refractivity contribution < 1.29 is 0 Å². The molecule has 174 valence electrons. The van der Waals surface area contributed by atoms with Gasteiger partial charge in [0.2, 0.25) is 5.82 Å². The highest BCUT2D eigenvalue weighted by Gasteiger charge is 2.14. The van der Waals surface area contributed by atoms with E-state index in [2.05, 4.69) is 50.7 Å². The van der Waals surface area contributed by atoms with E-state index in [-0.39, 0.29) is 5.69 Å². The fourth-order valence-corrected chi connectivity index (χ4v) is 4.03. The summed E-state index contributed by atoms with van der Waals surface area (Å²) < 4.78 is 3.34. The molecule has 0 aliphatic carbocycles. The van der Waals surface area contributed by atoms with Crippen LogP contribution in [0.25, 0.3) is 22.5 Å². The molecule has 0 aliphatic heterocycles. The quantitative estimate of drug-likeness (QED) is 0.272. The van der Waals surface area contributed by atoms with Crippen molar-refractivity contribution in [2.45, 2.75) is 58.5 Å². The molecule has 8 heteroatoms. The standard InChI is InChI=1S/C26H29N7O/c1-3-5-7-10-18-33-26(34)32(24(29-33)13-6-4-2)19-20-14-16-21(17-15-20)22-11-8-9-12-23(22)25-27-30-31-28-25/h2,8-9,11-12,14-17H,3,5-7,10,13,18-19H2,1H3,(H,27,28,30,31). The fraction of sp³-hybridized carbons (Fsp3) is 0.346. The van der Waals surface area contributed by atoms with Gasteiger partial charge >= 0.3 is 5.69 Å². The van der Waals surface area contributed by atoms with Gasteiger partial charge in [0.1, 0.15) is 5.82 Å². The van der Waals surface area contributed by atoms with E-state index in [1.807, 2.05) is 36.4 Å². The topological polar surface area (TPSA) is 94.3 Å². The summed E-state index contributed by atoms with van der Waals surface area (Å²) >= 11 is 0. The first-order valence-electron chi connectivity index (χ1n) is 11.7. The second-order valence-electron chi connectivity index (χ2n) is 8.25. The summed E-state index contributed by atoms with van der Waals surface area (Å²) in [5.74, 6) is 3.95. The number of aromatic nitrogens is 7. The zero-order valence-corrected chi connectivity index (χ0v) is 19.4. The molecule has 0 unspecified atom stereocenters. The summed E-state index contributed by atoms with van der Waals surface area (Å²) in [4.78, 5) is 13.1. The highest BCUT2D eigenvalue weighted by Crippen LogP contribution is 2.29. The molecule has 0 atom stereocenters. The summed E-state index contributed by atoms with van der Waals surface area (Å²) in [5.41, 5.74) is 3.91. The SMILES string of the molecule is C#CCCc1nn(CCCCCC)c(=O)n1Cc1ccc(-c2ccccc2-c2nn[nH]n2)cc1. The number of unbranched alkanes of at least 4 members (excludes halogenated alkanes) is 3. The first-order chi connectivity index (χ1) is 16.7. The molecule has 8 nitrogen and oxygen atoms in total. The summed E-state index contributed by atoms with van der Waals surface area (Å²) in [6.07, 6.45) is 11.0. The first-order valence-corrected chi connectivity index (χ1v) is 11.7. The number of hydrogen-bond donors (Lipinski definition) is 1. The van der Waals surface area contributed by atoms with E-state index >= 15 is 0 Å². The van der Waals surface area contributed by atoms with Crippen molar-refractivity contribution in [3.05, 3.63) is 70.4 Å². The molecule has 2 aromatic carbocycles. The molecule has 0 spiro atoms. The minimum atomic E-state index is -0.0740. The number of aryl methyl sites for hydroxylation is 2. The van der Waals surface area contributed by atoms with E-state index < -0.39 is 0 Å². The van der Waals surface area contributed by atoms with E-state index in [9.17, 15) is 4.79 Å². The van der Waals surface area contributed by atoms with Gasteiger partial charge in [-0.15, -0.1) is 22.5 Å². The Morgan fingerprint density at radius 1 is 1.03 bits per heavy atom. The normalized spacial score (nSPS) is 10.9. The predicted molar refractivity (Wildman–Crippen MR) is 132 cm³/mol. The van der Waals surface area contributed by atoms with Crippen LogP contribution in [0.4, 0.5) is 0 Å². The van der Waals surface area contributed by atoms with Crippen LogP contribution in [0.5, 0.6) is 0 Å². The van der Waals surface area contributed by atoms with E-state index in [4.69, 9.17) is 6.42 Å². The largest absolute Gasteiger partial charge is 0.346 e. The Balaban J connectivity index is 1.56. The highest BCUT2D eigenvalue weighted by atomic mass is 16.2. The van der Waals surface area contributed by atoms with Crippen LogP contribution in [0, 0.1) is 12.3 Å². The third-order valence-corrected chi connectivity index (χ3v) is 5.83. The van der Waals surface area contributed by atoms with Crippen LogP contribution >= 0.6 is 0 Å². The predicted octanol–water partition coefficient (Wildman–Crippen LogP) is 4.09. The average Bonchev–Trinajstić information content (AvgIpc) is 3.50. The molecule has 0 aliphatic rings. The molecule has 2 aromatic heterocycles. The van der Waals surface area contributed by atoms with Crippen molar-refractivity contribution in [1.29, 1.82) is 0 Å². The highest BCUT2D eigenvalue weighted by molar-refractivity contribution is 5.80. The molecule has 0 bridgehead atoms. The van der Waals surface area contributed by atoms with E-state index in [0.29, 0.717) is 31.8 Å². The van der Waals surface area contributed by atoms with E-state index in [1.54, 1.807) is 9.25 Å². The van der Waals surface area contributed by atoms with Crippen LogP contribution in [0.15, 0.2) is 53.3 Å². The van der Waals surface area contributed by atoms with Crippen molar-refractivity contribution in [2.24, 2.45) is 0 Å². The second kappa shape index (κ2) is 11.2. The summed E-state index contributed by atoms with van der Waals surface area (Å²) in [6, 6.07) is 16.1. The lowest BCUT2D eigenvalue weighted by molar-refractivity contribution is 0.521. The third kappa shape index (κ3) is 5.31. The van der Waals surface area contributed by atoms with Crippen molar-refractivity contribution in [3.63, 3.8) is 0 Å². The lowest BCUT2D eigenvalue weighted by Gasteiger charge is -2.09. The Morgan fingerprint density at radius 3 is 2.53 bits per heavy atom. The molecule has 4 rings (SSSR count). The van der Waals surface area contributed by atoms with Gasteiger partial charge in [0, 0.05) is 24.9 Å². The van der Waals surface area contributed by atoms with Crippen LogP contribution in [0.1, 0.15) is 50.4 Å². The van der Waals surface area contributed by atoms with Crippen molar-refractivity contribution >= 4 is 0 Å². The molecule has 4 aromatic rings. The number of terminal acetylenes is 1. The second-order valence-corrected chi connectivity index (χ2v) is 8.25. The van der Waals surface area contributed by atoms with Crippen molar-refractivity contribution in [3.8, 4) is 34.9 Å². The smallest absolute Gasteiger partial charge is 0.274 e. The summed E-state index contributed by atoms with van der Waals surface area (Å²) in [5, 5.41) is 19.0. The number of rotatable bonds is 11. The molecule has 0 fully saturated rings. The molecule has 1 N–H and O–H groups in total. The molecule has 0 saturated heterocycles. The molecule has 34 heavy (non-hydrogen) atoms. The Hall–Kier alpha value is -3.99. The fourth-order valence-electron chi connectivity index (χ4n) is 4.03. The number of nitrogens with zero attached hydrogens (tertiary/aromatic N) is 6. The molecular weight excluding hydrogens is 426 g/mol. The minimum absolute atomic E-state index is 0.0740. The molecule has 0 radical (unpaired) electrons. The number of tetrazole rings is 1. The van der Waals surface area contributed by atoms with Gasteiger partial charge in [0.05, 0.1) is 6.54 Å². The average molecular weight is 456 g/mol. The Bertz CT molecular complexity index is 1290. The molecular formula is C26H29N7O. The van der Waals surface area contributed by atoms with Crippen LogP contribution < -0.4 is 5.69 Å². The maximum atomic E-state index is 13.1. The van der Waals surface area contributed by atoms with Crippen LogP contribution in [0.3, 0.4) is 0 Å². The summed E-state index contributed by atoms with van der Waals surface area (Å²) in [6.45, 7) is 3.27. The van der Waals surface area contributed by atoms with Gasteiger partial charge in [0.25, 0.3) is 0 Å². The molecule has 0 amide bonds. The van der Waals surface area contributed by atoms with E-state index in [0.717, 1.165) is 47.3 Å². The lowest BCUT2D eigenvalue weighted by Crippen LogP contribution is -2.26. The van der Waals surface area contributed by atoms with Gasteiger partial charge < -0.3 is 0 Å². The zero-order valence-electron chi connectivity index (χ0n) is 19.4. The number of benzene rings is 2. The Kier molecular flexibility index (Phi) is 7.66. The third-order valence-electron chi connectivity index (χ3n) is 5.83. The van der Waals surface area contributed by atoms with Crippen LogP contribution in [-0.2, 0) is 19.5 Å². The van der Waals surface area contributed by atoms with Gasteiger partial charge in [-0.1, -0.05) is 74.7 Å². The van der Waals surface area contributed by atoms with Gasteiger partial charge in [-0.3, -0.25) is 4.57 Å². The van der Waals surface area contributed by atoms with Gasteiger partial charge in [-0.05, 0) is 28.3 Å². The van der Waals surface area contributed by atoms with Crippen LogP contribution in [0.2, 0.25) is 0 Å². The number of nitrogens with one attached hydrogen (secondary N) is 1. The van der Waals surface area contributed by atoms with E-state index in [1.165, 1.54) is 6.42 Å². The van der Waals surface area contributed by atoms with Gasteiger partial charge in [-0.2, -0.15) is 10.3 Å². The lowest BCUT2D eigenvalue weighted by atomic mass is 9.98. The zero-order chi connectivity index (χ0) is 23.8. The number of H-pyrrole nitrogens is 1. The van der Waals surface area contributed by atoms with Gasteiger partial charge in [-0.25, -0.2) is 9.48 Å². The first kappa shape index (κ1) is 23.2.